The monoisotopic (exact) mass is 327 g/mol. The molecule has 3 amide bonds. The first kappa shape index (κ1) is 16.4. The van der Waals surface area contributed by atoms with Crippen LogP contribution in [0.1, 0.15) is 11.3 Å². The van der Waals surface area contributed by atoms with Crippen LogP contribution in [0.5, 0.6) is 0 Å². The number of amides is 3. The number of urea groups is 1. The van der Waals surface area contributed by atoms with Crippen molar-refractivity contribution in [1.82, 2.24) is 5.32 Å². The lowest BCUT2D eigenvalue weighted by molar-refractivity contribution is -0.115. The largest absolute Gasteiger partial charge is 0.450 e. The van der Waals surface area contributed by atoms with Gasteiger partial charge in [-0.3, -0.25) is 10.1 Å². The van der Waals surface area contributed by atoms with Crippen LogP contribution in [-0.4, -0.2) is 11.9 Å². The number of benzene rings is 1. The summed E-state index contributed by atoms with van der Waals surface area (Å²) >= 11 is 1.42. The Bertz CT molecular complexity index is 801. The first-order chi connectivity index (χ1) is 11.0. The van der Waals surface area contributed by atoms with Gasteiger partial charge in [0.15, 0.2) is 5.09 Å². The minimum absolute atomic E-state index is 0.273. The first-order valence-electron chi connectivity index (χ1n) is 6.55. The molecule has 0 bridgehead atoms. The van der Waals surface area contributed by atoms with Crippen LogP contribution >= 0.6 is 11.8 Å². The zero-order valence-electron chi connectivity index (χ0n) is 12.2. The smallest absolute Gasteiger partial charge is 0.319 e. The maximum atomic E-state index is 11.6. The molecule has 116 valence electrons. The van der Waals surface area contributed by atoms with E-state index in [1.54, 1.807) is 18.2 Å². The normalized spacial score (nSPS) is 10.9. The fourth-order valence-electron chi connectivity index (χ4n) is 1.66. The van der Waals surface area contributed by atoms with E-state index < -0.39 is 11.9 Å². The topological polar surface area (TPSA) is 109 Å². The SMILES string of the molecule is Cc1ccc(Sc2ccc(/C=C(/C#N)C(=O)NC(N)=O)o2)cc1. The van der Waals surface area contributed by atoms with Crippen molar-refractivity contribution in [2.24, 2.45) is 5.73 Å². The number of nitrogens with two attached hydrogens (primary N) is 1. The van der Waals surface area contributed by atoms with E-state index in [-0.39, 0.29) is 5.57 Å². The van der Waals surface area contributed by atoms with Crippen molar-refractivity contribution < 1.29 is 14.0 Å². The number of rotatable bonds is 4. The summed E-state index contributed by atoms with van der Waals surface area (Å²) in [6, 6.07) is 12.0. The highest BCUT2D eigenvalue weighted by molar-refractivity contribution is 7.99. The summed E-state index contributed by atoms with van der Waals surface area (Å²) in [4.78, 5) is 23.2. The van der Waals surface area contributed by atoms with E-state index in [1.807, 2.05) is 36.5 Å². The van der Waals surface area contributed by atoms with E-state index in [4.69, 9.17) is 15.4 Å². The van der Waals surface area contributed by atoms with Gasteiger partial charge in [0.25, 0.3) is 5.91 Å². The number of nitriles is 1. The van der Waals surface area contributed by atoms with Crippen LogP contribution in [0.25, 0.3) is 6.08 Å². The lowest BCUT2D eigenvalue weighted by Gasteiger charge is -1.99. The minimum Gasteiger partial charge on any atom is -0.450 e. The Labute approximate surface area is 137 Å². The Hall–Kier alpha value is -2.98. The van der Waals surface area contributed by atoms with Crippen molar-refractivity contribution in [3.63, 3.8) is 0 Å². The van der Waals surface area contributed by atoms with Crippen molar-refractivity contribution in [3.05, 3.63) is 53.3 Å². The van der Waals surface area contributed by atoms with Crippen molar-refractivity contribution in [2.45, 2.75) is 16.9 Å². The number of hydrogen-bond acceptors (Lipinski definition) is 5. The van der Waals surface area contributed by atoms with E-state index in [0.29, 0.717) is 10.9 Å². The molecule has 0 aliphatic rings. The Balaban J connectivity index is 2.13. The van der Waals surface area contributed by atoms with Gasteiger partial charge < -0.3 is 10.2 Å². The molecule has 0 radical (unpaired) electrons. The summed E-state index contributed by atoms with van der Waals surface area (Å²) in [6.07, 6.45) is 1.25. The average molecular weight is 327 g/mol. The van der Waals surface area contributed by atoms with Gasteiger partial charge in [0.1, 0.15) is 17.4 Å². The molecule has 6 nitrogen and oxygen atoms in total. The summed E-state index contributed by atoms with van der Waals surface area (Å²) < 4.78 is 5.54. The van der Waals surface area contributed by atoms with E-state index in [9.17, 15) is 9.59 Å². The van der Waals surface area contributed by atoms with Crippen molar-refractivity contribution in [2.75, 3.05) is 0 Å². The summed E-state index contributed by atoms with van der Waals surface area (Å²) in [5.74, 6) is -0.542. The van der Waals surface area contributed by atoms with Crippen molar-refractivity contribution >= 4 is 29.8 Å². The van der Waals surface area contributed by atoms with Gasteiger partial charge in [-0.25, -0.2) is 4.79 Å². The summed E-state index contributed by atoms with van der Waals surface area (Å²) in [7, 11) is 0. The Morgan fingerprint density at radius 1 is 1.26 bits per heavy atom. The Morgan fingerprint density at radius 2 is 1.96 bits per heavy atom. The van der Waals surface area contributed by atoms with Crippen LogP contribution in [0.3, 0.4) is 0 Å². The number of carbonyl (C=O) groups excluding carboxylic acids is 2. The second-order valence-corrected chi connectivity index (χ2v) is 5.64. The van der Waals surface area contributed by atoms with E-state index >= 15 is 0 Å². The van der Waals surface area contributed by atoms with Gasteiger partial charge >= 0.3 is 6.03 Å². The fraction of sp³-hybridized carbons (Fsp3) is 0.0625. The predicted octanol–water partition coefficient (Wildman–Crippen LogP) is 2.84. The molecule has 0 unspecified atom stereocenters. The molecule has 1 aromatic carbocycles. The van der Waals surface area contributed by atoms with Crippen LogP contribution in [-0.2, 0) is 4.79 Å². The third kappa shape index (κ3) is 4.76. The van der Waals surface area contributed by atoms with Gasteiger partial charge in [0.2, 0.25) is 0 Å². The van der Waals surface area contributed by atoms with Crippen LogP contribution in [0.15, 0.2) is 56.4 Å². The second-order valence-electron chi connectivity index (χ2n) is 4.56. The van der Waals surface area contributed by atoms with Gasteiger partial charge in [0.05, 0.1) is 0 Å². The number of imide groups is 1. The molecule has 0 aliphatic carbocycles. The van der Waals surface area contributed by atoms with Crippen LogP contribution in [0.4, 0.5) is 4.79 Å². The molecule has 0 saturated heterocycles. The highest BCUT2D eigenvalue weighted by Crippen LogP contribution is 2.29. The second kappa shape index (κ2) is 7.33. The number of primary amides is 1. The Kier molecular flexibility index (Phi) is 5.23. The third-order valence-electron chi connectivity index (χ3n) is 2.73. The molecule has 23 heavy (non-hydrogen) atoms. The maximum Gasteiger partial charge on any atom is 0.319 e. The molecule has 7 heteroatoms. The number of aryl methyl sites for hydroxylation is 1. The van der Waals surface area contributed by atoms with Crippen molar-refractivity contribution in [1.29, 1.82) is 5.26 Å². The molecule has 1 aromatic heterocycles. The molecule has 1 heterocycles. The average Bonchev–Trinajstić information content (AvgIpc) is 2.93. The predicted molar refractivity (Wildman–Crippen MR) is 85.3 cm³/mol. The lowest BCUT2D eigenvalue weighted by Crippen LogP contribution is -2.35. The minimum atomic E-state index is -1.02. The highest BCUT2D eigenvalue weighted by atomic mass is 32.2. The van der Waals surface area contributed by atoms with E-state index in [1.165, 1.54) is 17.8 Å². The molecular weight excluding hydrogens is 314 g/mol. The number of furan rings is 1. The Morgan fingerprint density at radius 3 is 2.57 bits per heavy atom. The van der Waals surface area contributed by atoms with Crippen molar-refractivity contribution in [3.8, 4) is 6.07 Å². The molecular formula is C16H13N3O3S. The maximum absolute atomic E-state index is 11.6. The molecule has 0 atom stereocenters. The zero-order valence-corrected chi connectivity index (χ0v) is 13.0. The molecule has 0 spiro atoms. The van der Waals surface area contributed by atoms with Gasteiger partial charge in [-0.15, -0.1) is 0 Å². The molecule has 2 aromatic rings. The molecule has 0 fully saturated rings. The number of carbonyl (C=O) groups is 2. The summed E-state index contributed by atoms with van der Waals surface area (Å²) in [6.45, 7) is 2.00. The van der Waals surface area contributed by atoms with E-state index in [2.05, 4.69) is 0 Å². The van der Waals surface area contributed by atoms with Gasteiger partial charge in [-0.1, -0.05) is 29.5 Å². The van der Waals surface area contributed by atoms with Crippen LogP contribution in [0, 0.1) is 18.3 Å². The fourth-order valence-corrected chi connectivity index (χ4v) is 2.44. The standard InChI is InChI=1S/C16H13N3O3S/c1-10-2-5-13(6-3-10)23-14-7-4-12(22-14)8-11(9-17)15(20)19-16(18)21/h2-8H,1H3,(H3,18,19,20,21)/b11-8-. The molecule has 3 N–H and O–H groups in total. The summed E-state index contributed by atoms with van der Waals surface area (Å²) in [5, 5.41) is 11.4. The number of nitrogens with zero attached hydrogens (tertiary/aromatic N) is 1. The molecule has 0 aliphatic heterocycles. The highest BCUT2D eigenvalue weighted by Gasteiger charge is 2.12. The third-order valence-corrected chi connectivity index (χ3v) is 3.66. The molecule has 2 rings (SSSR count). The van der Waals surface area contributed by atoms with Crippen LogP contribution < -0.4 is 11.1 Å². The summed E-state index contributed by atoms with van der Waals surface area (Å²) in [5.41, 5.74) is 5.74. The molecule has 0 saturated carbocycles. The quantitative estimate of drug-likeness (QED) is 0.663. The zero-order chi connectivity index (χ0) is 16.8. The number of hydrogen-bond donors (Lipinski definition) is 2. The van der Waals surface area contributed by atoms with Gasteiger partial charge in [0, 0.05) is 11.0 Å². The lowest BCUT2D eigenvalue weighted by atomic mass is 10.2. The van der Waals surface area contributed by atoms with Gasteiger partial charge in [-0.05, 0) is 31.2 Å². The van der Waals surface area contributed by atoms with E-state index in [0.717, 1.165) is 10.5 Å². The van der Waals surface area contributed by atoms with Gasteiger partial charge in [-0.2, -0.15) is 5.26 Å². The first-order valence-corrected chi connectivity index (χ1v) is 7.36. The number of nitrogens with one attached hydrogen (secondary N) is 1. The van der Waals surface area contributed by atoms with Crippen LogP contribution in [0.2, 0.25) is 0 Å².